The molecular weight excluding hydrogens is 312 g/mol. The molecule has 0 bridgehead atoms. The number of nitrogens with zero attached hydrogens (tertiary/aromatic N) is 2. The lowest BCUT2D eigenvalue weighted by molar-refractivity contribution is -0.385. The first-order valence-corrected chi connectivity index (χ1v) is 6.32. The van der Waals surface area contributed by atoms with Crippen LogP contribution >= 0.6 is 15.9 Å². The molecule has 0 fully saturated rings. The fraction of sp³-hybridized carbons (Fsp3) is 0.154. The van der Waals surface area contributed by atoms with Crippen LogP contribution in [0.5, 0.6) is 11.6 Å². The van der Waals surface area contributed by atoms with E-state index >= 15 is 0 Å². The van der Waals surface area contributed by atoms with Crippen LogP contribution in [-0.2, 0) is 0 Å². The fourth-order valence-electron chi connectivity index (χ4n) is 1.74. The molecule has 0 N–H and O–H groups in total. The molecule has 1 aromatic heterocycles. The Kier molecular flexibility index (Phi) is 3.80. The molecule has 0 radical (unpaired) electrons. The van der Waals surface area contributed by atoms with Crippen LogP contribution in [0.2, 0.25) is 0 Å². The van der Waals surface area contributed by atoms with Crippen LogP contribution in [0.25, 0.3) is 0 Å². The highest BCUT2D eigenvalue weighted by atomic mass is 79.9. The first-order chi connectivity index (χ1) is 8.99. The molecule has 0 saturated carbocycles. The van der Waals surface area contributed by atoms with E-state index in [-0.39, 0.29) is 11.4 Å². The van der Waals surface area contributed by atoms with E-state index in [1.807, 2.05) is 6.07 Å². The molecule has 5 nitrogen and oxygen atoms in total. The fourth-order valence-corrected chi connectivity index (χ4v) is 2.08. The molecule has 2 aromatic rings. The van der Waals surface area contributed by atoms with Gasteiger partial charge in [-0.2, -0.15) is 0 Å². The molecule has 0 saturated heterocycles. The Hall–Kier alpha value is -1.95. The number of hydrogen-bond donors (Lipinski definition) is 0. The second-order valence-electron chi connectivity index (χ2n) is 4.08. The van der Waals surface area contributed by atoms with Gasteiger partial charge in [0.2, 0.25) is 11.6 Å². The van der Waals surface area contributed by atoms with Gasteiger partial charge in [-0.15, -0.1) is 0 Å². The molecule has 0 atom stereocenters. The van der Waals surface area contributed by atoms with Gasteiger partial charge in [-0.05, 0) is 53.0 Å². The predicted molar refractivity (Wildman–Crippen MR) is 74.6 cm³/mol. The maximum atomic E-state index is 11.1. The molecular formula is C13H11BrN2O3. The topological polar surface area (TPSA) is 65.3 Å². The number of rotatable bonds is 3. The lowest BCUT2D eigenvalue weighted by Crippen LogP contribution is -1.98. The maximum absolute atomic E-state index is 11.1. The van der Waals surface area contributed by atoms with Crippen molar-refractivity contribution in [2.45, 2.75) is 13.8 Å². The van der Waals surface area contributed by atoms with Crippen LogP contribution < -0.4 is 4.74 Å². The highest BCUT2D eigenvalue weighted by Gasteiger charge is 2.20. The van der Waals surface area contributed by atoms with E-state index in [0.29, 0.717) is 15.9 Å². The third kappa shape index (κ3) is 2.90. The highest BCUT2D eigenvalue weighted by molar-refractivity contribution is 9.10. The Labute approximate surface area is 118 Å². The average Bonchev–Trinajstić information content (AvgIpc) is 2.34. The van der Waals surface area contributed by atoms with E-state index < -0.39 is 4.92 Å². The molecule has 2 rings (SSSR count). The van der Waals surface area contributed by atoms with Crippen LogP contribution in [-0.4, -0.2) is 9.91 Å². The van der Waals surface area contributed by atoms with Gasteiger partial charge in [0.05, 0.1) is 9.40 Å². The molecule has 0 spiro atoms. The number of aromatic nitrogens is 1. The monoisotopic (exact) mass is 322 g/mol. The minimum absolute atomic E-state index is 0.0601. The second kappa shape index (κ2) is 5.36. The quantitative estimate of drug-likeness (QED) is 0.628. The summed E-state index contributed by atoms with van der Waals surface area (Å²) in [5.74, 6) is 0.521. The van der Waals surface area contributed by atoms with Crippen LogP contribution in [0.3, 0.4) is 0 Å². The predicted octanol–water partition coefficient (Wildman–Crippen LogP) is 4.16. The molecule has 19 heavy (non-hydrogen) atoms. The molecule has 0 unspecified atom stereocenters. The van der Waals surface area contributed by atoms with Crippen LogP contribution in [0, 0.1) is 24.0 Å². The van der Waals surface area contributed by atoms with Gasteiger partial charge < -0.3 is 4.74 Å². The van der Waals surface area contributed by atoms with Crippen molar-refractivity contribution >= 4 is 21.6 Å². The van der Waals surface area contributed by atoms with Gasteiger partial charge in [-0.1, -0.05) is 6.07 Å². The summed E-state index contributed by atoms with van der Waals surface area (Å²) in [4.78, 5) is 14.7. The van der Waals surface area contributed by atoms with Crippen LogP contribution in [0.15, 0.2) is 34.9 Å². The van der Waals surface area contributed by atoms with Gasteiger partial charge in [0.25, 0.3) is 0 Å². The number of aryl methyl sites for hydroxylation is 2. The molecule has 0 aliphatic rings. The minimum Gasteiger partial charge on any atom is -0.430 e. The van der Waals surface area contributed by atoms with Crippen LogP contribution in [0.1, 0.15) is 11.1 Å². The summed E-state index contributed by atoms with van der Waals surface area (Å²) in [6.45, 7) is 3.58. The Morgan fingerprint density at radius 3 is 2.74 bits per heavy atom. The smallest absolute Gasteiger partial charge is 0.312 e. The number of benzene rings is 1. The Morgan fingerprint density at radius 1 is 1.37 bits per heavy atom. The number of halogens is 1. The van der Waals surface area contributed by atoms with Crippen molar-refractivity contribution in [2.75, 3.05) is 0 Å². The van der Waals surface area contributed by atoms with E-state index in [1.54, 1.807) is 32.2 Å². The molecule has 0 amide bonds. The standard InChI is InChI=1S/C13H11BrN2O3/c1-8-6-9(2)12(11(7-8)16(17)18)19-13-10(14)4-3-5-15-13/h3-7H,1-2H3. The molecule has 0 aliphatic carbocycles. The summed E-state index contributed by atoms with van der Waals surface area (Å²) < 4.78 is 6.23. The molecule has 6 heteroatoms. The average molecular weight is 323 g/mol. The molecule has 98 valence electrons. The lowest BCUT2D eigenvalue weighted by atomic mass is 10.1. The zero-order valence-corrected chi connectivity index (χ0v) is 12.0. The van der Waals surface area contributed by atoms with Gasteiger partial charge >= 0.3 is 5.69 Å². The van der Waals surface area contributed by atoms with Gasteiger partial charge in [-0.25, -0.2) is 4.98 Å². The van der Waals surface area contributed by atoms with Gasteiger partial charge in [-0.3, -0.25) is 10.1 Å². The number of nitro benzene ring substituents is 1. The van der Waals surface area contributed by atoms with E-state index in [1.165, 1.54) is 6.07 Å². The third-order valence-electron chi connectivity index (χ3n) is 2.52. The van der Waals surface area contributed by atoms with Crippen molar-refractivity contribution < 1.29 is 9.66 Å². The lowest BCUT2D eigenvalue weighted by Gasteiger charge is -2.10. The first-order valence-electron chi connectivity index (χ1n) is 5.53. The van der Waals surface area contributed by atoms with Crippen molar-refractivity contribution in [2.24, 2.45) is 0 Å². The summed E-state index contributed by atoms with van der Waals surface area (Å²) >= 11 is 3.30. The molecule has 0 aliphatic heterocycles. The summed E-state index contributed by atoms with van der Waals surface area (Å²) in [5, 5.41) is 11.1. The largest absolute Gasteiger partial charge is 0.430 e. The van der Waals surface area contributed by atoms with Crippen molar-refractivity contribution in [3.8, 4) is 11.6 Å². The summed E-state index contributed by atoms with van der Waals surface area (Å²) in [5.41, 5.74) is 1.45. The molecule has 1 heterocycles. The zero-order valence-electron chi connectivity index (χ0n) is 10.4. The van der Waals surface area contributed by atoms with E-state index in [9.17, 15) is 10.1 Å². The SMILES string of the molecule is Cc1cc(C)c(Oc2ncccc2Br)c([N+](=O)[O-])c1. The normalized spacial score (nSPS) is 10.3. The zero-order chi connectivity index (χ0) is 14.0. The van der Waals surface area contributed by atoms with Crippen molar-refractivity contribution in [3.05, 3.63) is 56.2 Å². The summed E-state index contributed by atoms with van der Waals surface area (Å²) in [7, 11) is 0. The Bertz CT molecular complexity index is 644. The van der Waals surface area contributed by atoms with E-state index in [0.717, 1.165) is 5.56 Å². The van der Waals surface area contributed by atoms with Gasteiger partial charge in [0.1, 0.15) is 0 Å². The third-order valence-corrected chi connectivity index (χ3v) is 3.12. The van der Waals surface area contributed by atoms with Crippen molar-refractivity contribution in [3.63, 3.8) is 0 Å². The number of ether oxygens (including phenoxy) is 1. The van der Waals surface area contributed by atoms with E-state index in [4.69, 9.17) is 4.74 Å². The molecule has 1 aromatic carbocycles. The maximum Gasteiger partial charge on any atom is 0.312 e. The first kappa shape index (κ1) is 13.5. The van der Waals surface area contributed by atoms with E-state index in [2.05, 4.69) is 20.9 Å². The summed E-state index contributed by atoms with van der Waals surface area (Å²) in [6, 6.07) is 6.82. The van der Waals surface area contributed by atoms with Crippen LogP contribution in [0.4, 0.5) is 5.69 Å². The number of pyridine rings is 1. The second-order valence-corrected chi connectivity index (χ2v) is 4.93. The Morgan fingerprint density at radius 2 is 2.11 bits per heavy atom. The summed E-state index contributed by atoms with van der Waals surface area (Å²) in [6.07, 6.45) is 1.56. The van der Waals surface area contributed by atoms with Crippen molar-refractivity contribution in [1.82, 2.24) is 4.98 Å². The highest BCUT2D eigenvalue weighted by Crippen LogP contribution is 2.36. The van der Waals surface area contributed by atoms with Gasteiger partial charge in [0.15, 0.2) is 0 Å². The number of hydrogen-bond acceptors (Lipinski definition) is 4. The van der Waals surface area contributed by atoms with Gasteiger partial charge in [0, 0.05) is 12.3 Å². The number of nitro groups is 1. The van der Waals surface area contributed by atoms with Crippen molar-refractivity contribution in [1.29, 1.82) is 0 Å². The Balaban J connectivity index is 2.51. The minimum atomic E-state index is -0.452.